The van der Waals surface area contributed by atoms with Crippen LogP contribution in [0.1, 0.15) is 25.3 Å². The van der Waals surface area contributed by atoms with Gasteiger partial charge in [-0.2, -0.15) is 0 Å². The van der Waals surface area contributed by atoms with Gasteiger partial charge in [-0.3, -0.25) is 0 Å². The Morgan fingerprint density at radius 1 is 1.35 bits per heavy atom. The average molecular weight is 300 g/mol. The second-order valence-corrected chi connectivity index (χ2v) is 5.99. The first-order valence-corrected chi connectivity index (χ1v) is 7.01. The van der Waals surface area contributed by atoms with Gasteiger partial charge in [0.1, 0.15) is 5.82 Å². The van der Waals surface area contributed by atoms with Crippen LogP contribution in [-0.2, 0) is 6.42 Å². The zero-order chi connectivity index (χ0) is 12.4. The summed E-state index contributed by atoms with van der Waals surface area (Å²) >= 11 is 3.35. The van der Waals surface area contributed by atoms with Crippen LogP contribution >= 0.6 is 15.9 Å². The first-order chi connectivity index (χ1) is 8.10. The minimum Gasteiger partial charge on any atom is -0.317 e. The summed E-state index contributed by atoms with van der Waals surface area (Å²) in [5.74, 6) is 1.19. The first kappa shape index (κ1) is 13.0. The van der Waals surface area contributed by atoms with Crippen LogP contribution in [0.5, 0.6) is 0 Å². The topological polar surface area (TPSA) is 12.0 Å². The largest absolute Gasteiger partial charge is 0.317 e. The molecule has 0 heterocycles. The Labute approximate surface area is 111 Å². The van der Waals surface area contributed by atoms with E-state index in [2.05, 4.69) is 28.2 Å². The zero-order valence-corrected chi connectivity index (χ0v) is 11.9. The van der Waals surface area contributed by atoms with Crippen molar-refractivity contribution in [1.29, 1.82) is 0 Å². The molecule has 0 amide bonds. The van der Waals surface area contributed by atoms with Gasteiger partial charge in [0.05, 0.1) is 0 Å². The second kappa shape index (κ2) is 5.49. The standard InChI is InChI=1S/C14H19BrFN/c1-9-11(3-4-14(9)17-2)5-10-6-12(15)8-13(16)7-10/h6-9,11,14,17H,3-5H2,1-2H3. The third kappa shape index (κ3) is 3.08. The summed E-state index contributed by atoms with van der Waals surface area (Å²) in [6, 6.07) is 5.82. The molecule has 1 aliphatic carbocycles. The van der Waals surface area contributed by atoms with E-state index in [1.54, 1.807) is 6.07 Å². The molecule has 0 aromatic heterocycles. The Hall–Kier alpha value is -0.410. The van der Waals surface area contributed by atoms with E-state index in [9.17, 15) is 4.39 Å². The lowest BCUT2D eigenvalue weighted by atomic mass is 9.89. The van der Waals surface area contributed by atoms with Crippen molar-refractivity contribution in [2.75, 3.05) is 7.05 Å². The van der Waals surface area contributed by atoms with Gasteiger partial charge in [0.15, 0.2) is 0 Å². The van der Waals surface area contributed by atoms with E-state index in [-0.39, 0.29) is 5.82 Å². The summed E-state index contributed by atoms with van der Waals surface area (Å²) in [4.78, 5) is 0. The predicted octanol–water partition coefficient (Wildman–Crippen LogP) is 3.76. The molecule has 0 spiro atoms. The van der Waals surface area contributed by atoms with E-state index >= 15 is 0 Å². The van der Waals surface area contributed by atoms with Gasteiger partial charge >= 0.3 is 0 Å². The fourth-order valence-electron chi connectivity index (χ4n) is 2.97. The molecule has 1 N–H and O–H groups in total. The van der Waals surface area contributed by atoms with E-state index < -0.39 is 0 Å². The highest BCUT2D eigenvalue weighted by Gasteiger charge is 2.31. The highest BCUT2D eigenvalue weighted by molar-refractivity contribution is 9.10. The van der Waals surface area contributed by atoms with Crippen LogP contribution in [0.15, 0.2) is 22.7 Å². The monoisotopic (exact) mass is 299 g/mol. The van der Waals surface area contributed by atoms with Crippen molar-refractivity contribution >= 4 is 15.9 Å². The highest BCUT2D eigenvalue weighted by atomic mass is 79.9. The molecule has 1 aromatic carbocycles. The first-order valence-electron chi connectivity index (χ1n) is 6.22. The van der Waals surface area contributed by atoms with Crippen molar-refractivity contribution in [2.24, 2.45) is 11.8 Å². The quantitative estimate of drug-likeness (QED) is 0.896. The van der Waals surface area contributed by atoms with Crippen LogP contribution in [0.4, 0.5) is 4.39 Å². The van der Waals surface area contributed by atoms with Gasteiger partial charge < -0.3 is 5.32 Å². The molecule has 0 aliphatic heterocycles. The van der Waals surface area contributed by atoms with Gasteiger partial charge in [0.25, 0.3) is 0 Å². The number of hydrogen-bond donors (Lipinski definition) is 1. The summed E-state index contributed by atoms with van der Waals surface area (Å²) in [6.07, 6.45) is 3.45. The van der Waals surface area contributed by atoms with Crippen LogP contribution in [0.25, 0.3) is 0 Å². The molecule has 1 saturated carbocycles. The number of nitrogens with one attached hydrogen (secondary N) is 1. The molecule has 94 valence electrons. The molecule has 2 rings (SSSR count). The molecule has 17 heavy (non-hydrogen) atoms. The van der Waals surface area contributed by atoms with Gasteiger partial charge in [0.2, 0.25) is 0 Å². The fraction of sp³-hybridized carbons (Fsp3) is 0.571. The molecular weight excluding hydrogens is 281 g/mol. The number of rotatable bonds is 3. The van der Waals surface area contributed by atoms with Crippen LogP contribution in [-0.4, -0.2) is 13.1 Å². The Morgan fingerprint density at radius 2 is 2.12 bits per heavy atom. The molecule has 0 radical (unpaired) electrons. The third-order valence-corrected chi connectivity index (χ3v) is 4.48. The Morgan fingerprint density at radius 3 is 2.71 bits per heavy atom. The number of hydrogen-bond acceptors (Lipinski definition) is 1. The number of benzene rings is 1. The third-order valence-electron chi connectivity index (χ3n) is 4.02. The van der Waals surface area contributed by atoms with Crippen LogP contribution < -0.4 is 5.32 Å². The molecule has 1 aromatic rings. The lowest BCUT2D eigenvalue weighted by molar-refractivity contribution is 0.363. The van der Waals surface area contributed by atoms with Crippen molar-refractivity contribution < 1.29 is 4.39 Å². The van der Waals surface area contributed by atoms with Crippen molar-refractivity contribution in [2.45, 2.75) is 32.2 Å². The number of halogens is 2. The van der Waals surface area contributed by atoms with E-state index in [1.807, 2.05) is 13.1 Å². The zero-order valence-electron chi connectivity index (χ0n) is 10.3. The second-order valence-electron chi connectivity index (χ2n) is 5.07. The Bertz CT molecular complexity index is 374. The van der Waals surface area contributed by atoms with E-state index in [0.717, 1.165) is 16.5 Å². The van der Waals surface area contributed by atoms with Gasteiger partial charge in [0, 0.05) is 10.5 Å². The molecule has 0 saturated heterocycles. The van der Waals surface area contributed by atoms with E-state index in [4.69, 9.17) is 0 Å². The predicted molar refractivity (Wildman–Crippen MR) is 72.5 cm³/mol. The van der Waals surface area contributed by atoms with Crippen molar-refractivity contribution in [1.82, 2.24) is 5.32 Å². The van der Waals surface area contributed by atoms with E-state index in [1.165, 1.54) is 18.9 Å². The van der Waals surface area contributed by atoms with Crippen molar-refractivity contribution in [3.63, 3.8) is 0 Å². The summed E-state index contributed by atoms with van der Waals surface area (Å²) < 4.78 is 14.1. The molecular formula is C14H19BrFN. The minimum atomic E-state index is -0.148. The Balaban J connectivity index is 2.06. The fourth-order valence-corrected chi connectivity index (χ4v) is 3.49. The summed E-state index contributed by atoms with van der Waals surface area (Å²) in [5.41, 5.74) is 1.10. The maximum Gasteiger partial charge on any atom is 0.124 e. The van der Waals surface area contributed by atoms with Gasteiger partial charge in [-0.1, -0.05) is 22.9 Å². The average Bonchev–Trinajstić information content (AvgIpc) is 2.58. The van der Waals surface area contributed by atoms with Gasteiger partial charge in [-0.15, -0.1) is 0 Å². The smallest absolute Gasteiger partial charge is 0.124 e. The Kier molecular flexibility index (Phi) is 4.21. The maximum absolute atomic E-state index is 13.3. The molecule has 1 fully saturated rings. The summed E-state index contributed by atoms with van der Waals surface area (Å²) in [7, 11) is 2.03. The highest BCUT2D eigenvalue weighted by Crippen LogP contribution is 2.34. The molecule has 0 bridgehead atoms. The van der Waals surface area contributed by atoms with Crippen molar-refractivity contribution in [3.05, 3.63) is 34.1 Å². The maximum atomic E-state index is 13.3. The van der Waals surface area contributed by atoms with Gasteiger partial charge in [-0.05, 0) is 61.9 Å². The summed E-state index contributed by atoms with van der Waals surface area (Å²) in [6.45, 7) is 2.30. The summed E-state index contributed by atoms with van der Waals surface area (Å²) in [5, 5.41) is 3.37. The molecule has 3 unspecified atom stereocenters. The minimum absolute atomic E-state index is 0.148. The van der Waals surface area contributed by atoms with Crippen LogP contribution in [0.2, 0.25) is 0 Å². The SMILES string of the molecule is CNC1CCC(Cc2cc(F)cc(Br)c2)C1C. The molecule has 1 nitrogen and oxygen atoms in total. The normalized spacial score (nSPS) is 28.6. The van der Waals surface area contributed by atoms with Crippen LogP contribution in [0.3, 0.4) is 0 Å². The van der Waals surface area contributed by atoms with Gasteiger partial charge in [-0.25, -0.2) is 4.39 Å². The van der Waals surface area contributed by atoms with Crippen LogP contribution in [0, 0.1) is 17.7 Å². The lowest BCUT2D eigenvalue weighted by Gasteiger charge is -2.20. The molecule has 1 aliphatic rings. The lowest BCUT2D eigenvalue weighted by Crippen LogP contribution is -2.29. The molecule has 3 heteroatoms. The van der Waals surface area contributed by atoms with Crippen molar-refractivity contribution in [3.8, 4) is 0 Å². The van der Waals surface area contributed by atoms with E-state index in [0.29, 0.717) is 17.9 Å². The molecule has 3 atom stereocenters.